The second-order valence-electron chi connectivity index (χ2n) is 9.22. The molecule has 0 aliphatic heterocycles. The Balaban J connectivity index is 4.67. The summed E-state index contributed by atoms with van der Waals surface area (Å²) in [5.41, 5.74) is -0.404. The van der Waals surface area contributed by atoms with Gasteiger partial charge in [-0.15, -0.1) is 0 Å². The van der Waals surface area contributed by atoms with Crippen molar-refractivity contribution in [1.82, 2.24) is 0 Å². The first-order chi connectivity index (χ1) is 20.5. The second-order valence-corrected chi connectivity index (χ2v) is 9.22. The van der Waals surface area contributed by atoms with E-state index in [1.165, 1.54) is 0 Å². The third-order valence-corrected chi connectivity index (χ3v) is 5.43. The Kier molecular flexibility index (Phi) is 21.7. The highest BCUT2D eigenvalue weighted by Crippen LogP contribution is 2.20. The molecule has 0 aliphatic rings. The third-order valence-electron chi connectivity index (χ3n) is 5.43. The number of rotatable bonds is 24. The summed E-state index contributed by atoms with van der Waals surface area (Å²) in [5, 5.41) is 0. The van der Waals surface area contributed by atoms with Crippen molar-refractivity contribution in [2.24, 2.45) is 11.8 Å². The van der Waals surface area contributed by atoms with Crippen molar-refractivity contribution < 1.29 is 61.9 Å². The molecule has 2 atom stereocenters. The molecule has 13 nitrogen and oxygen atoms in total. The van der Waals surface area contributed by atoms with Gasteiger partial charge in [0, 0.05) is 11.1 Å². The summed E-state index contributed by atoms with van der Waals surface area (Å²) in [6, 6.07) is 0. The Hall–Kier alpha value is -3.74. The monoisotopic (exact) mass is 614 g/mol. The predicted molar refractivity (Wildman–Crippen MR) is 152 cm³/mol. The molecule has 0 amide bonds. The van der Waals surface area contributed by atoms with Gasteiger partial charge in [-0.3, -0.25) is 19.2 Å². The van der Waals surface area contributed by atoms with Crippen molar-refractivity contribution in [2.45, 2.75) is 66.2 Å². The highest BCUT2D eigenvalue weighted by molar-refractivity contribution is 5.97. The summed E-state index contributed by atoms with van der Waals surface area (Å²) < 4.78 is 35.6. The summed E-state index contributed by atoms with van der Waals surface area (Å²) in [4.78, 5) is 73.8. The molecule has 244 valence electrons. The molecule has 0 aromatic rings. The van der Waals surface area contributed by atoms with Crippen LogP contribution in [0.1, 0.15) is 66.2 Å². The van der Waals surface area contributed by atoms with Gasteiger partial charge >= 0.3 is 35.8 Å². The molecule has 2 unspecified atom stereocenters. The van der Waals surface area contributed by atoms with Crippen LogP contribution < -0.4 is 0 Å². The van der Waals surface area contributed by atoms with Crippen molar-refractivity contribution in [1.29, 1.82) is 0 Å². The van der Waals surface area contributed by atoms with Gasteiger partial charge in [-0.05, 0) is 25.7 Å². The molecule has 0 heterocycles. The Morgan fingerprint density at radius 2 is 0.791 bits per heavy atom. The predicted octanol–water partition coefficient (Wildman–Crippen LogP) is 3.03. The van der Waals surface area contributed by atoms with E-state index < -0.39 is 60.5 Å². The highest BCUT2D eigenvalue weighted by atomic mass is 16.6. The zero-order chi connectivity index (χ0) is 32.6. The Bertz CT molecular complexity index is 866. The van der Waals surface area contributed by atoms with E-state index in [0.29, 0.717) is 25.7 Å². The van der Waals surface area contributed by atoms with Crippen LogP contribution >= 0.6 is 0 Å². The quantitative estimate of drug-likeness (QED) is 0.0674. The summed E-state index contributed by atoms with van der Waals surface area (Å²) in [6.07, 6.45) is 1.31. The first kappa shape index (κ1) is 39.3. The minimum atomic E-state index is -1.25. The molecular weight excluding hydrogens is 568 g/mol. The molecule has 0 aromatic carbocycles. The van der Waals surface area contributed by atoms with E-state index in [4.69, 9.17) is 33.2 Å². The fraction of sp³-hybridized carbons (Fsp3) is 0.667. The first-order valence-electron chi connectivity index (χ1n) is 14.5. The van der Waals surface area contributed by atoms with Crippen LogP contribution in [0.5, 0.6) is 0 Å². The molecule has 0 spiro atoms. The molecule has 0 fully saturated rings. The maximum atomic E-state index is 12.4. The molecule has 43 heavy (non-hydrogen) atoms. The van der Waals surface area contributed by atoms with E-state index in [2.05, 4.69) is 13.2 Å². The average Bonchev–Trinajstić information content (AvgIpc) is 3.00. The number of carbonyl (C=O) groups is 6. The van der Waals surface area contributed by atoms with Gasteiger partial charge in [-0.1, -0.05) is 40.9 Å². The van der Waals surface area contributed by atoms with Crippen molar-refractivity contribution in [3.05, 3.63) is 24.3 Å². The Morgan fingerprint density at radius 1 is 0.465 bits per heavy atom. The largest absolute Gasteiger partial charge is 0.465 e. The minimum absolute atomic E-state index is 0.0558. The lowest BCUT2D eigenvalue weighted by molar-refractivity contribution is -0.157. The average molecular weight is 615 g/mol. The number of esters is 6. The standard InChI is InChI=1S/C30H46O13/c1-7-11-40-27(33)21(5)23(29(35)42-13-9-3)19-25(31)38-17-15-37-16-18-39-26(32)20-24(30(36)43-14-10-4)22(6)28(34)41-12-8-2/h23-24H,5-20H2,1-4H3. The first-order valence-corrected chi connectivity index (χ1v) is 14.5. The molecule has 0 aromatic heterocycles. The SMILES string of the molecule is C=C(C(=O)OCCC)C(CC(=O)OCCOCCOC(=O)CC(C(=C)C(=O)OCCC)C(=O)OCCC)C(=O)OCCC. The maximum absolute atomic E-state index is 12.4. The van der Waals surface area contributed by atoms with Crippen LogP contribution in [0.3, 0.4) is 0 Å². The number of carbonyl (C=O) groups excluding carboxylic acids is 6. The molecule has 0 radical (unpaired) electrons. The zero-order valence-electron chi connectivity index (χ0n) is 25.8. The van der Waals surface area contributed by atoms with Gasteiger partial charge in [0.1, 0.15) is 13.2 Å². The Morgan fingerprint density at radius 3 is 1.12 bits per heavy atom. The van der Waals surface area contributed by atoms with E-state index in [0.717, 1.165) is 0 Å². The second kappa shape index (κ2) is 23.8. The van der Waals surface area contributed by atoms with Crippen molar-refractivity contribution in [3.63, 3.8) is 0 Å². The fourth-order valence-corrected chi connectivity index (χ4v) is 3.15. The van der Waals surface area contributed by atoms with Crippen molar-refractivity contribution in [3.8, 4) is 0 Å². The topological polar surface area (TPSA) is 167 Å². The number of hydrogen-bond donors (Lipinski definition) is 0. The smallest absolute Gasteiger partial charge is 0.334 e. The van der Waals surface area contributed by atoms with Gasteiger partial charge in [-0.2, -0.15) is 0 Å². The van der Waals surface area contributed by atoms with Crippen LogP contribution in [-0.4, -0.2) is 88.7 Å². The lowest BCUT2D eigenvalue weighted by Crippen LogP contribution is -2.28. The number of hydrogen-bond acceptors (Lipinski definition) is 13. The van der Waals surface area contributed by atoms with E-state index in [-0.39, 0.29) is 64.0 Å². The van der Waals surface area contributed by atoms with Gasteiger partial charge < -0.3 is 33.2 Å². The van der Waals surface area contributed by atoms with Crippen LogP contribution in [0.15, 0.2) is 24.3 Å². The molecule has 0 aliphatic carbocycles. The van der Waals surface area contributed by atoms with E-state index in [9.17, 15) is 28.8 Å². The van der Waals surface area contributed by atoms with E-state index in [1.54, 1.807) is 13.8 Å². The van der Waals surface area contributed by atoms with Crippen LogP contribution in [0.25, 0.3) is 0 Å². The summed E-state index contributed by atoms with van der Waals surface area (Å²) in [7, 11) is 0. The van der Waals surface area contributed by atoms with Crippen molar-refractivity contribution in [2.75, 3.05) is 52.9 Å². The molecule has 0 bridgehead atoms. The van der Waals surface area contributed by atoms with Crippen LogP contribution in [0.2, 0.25) is 0 Å². The molecule has 0 saturated heterocycles. The summed E-state index contributed by atoms with van der Waals surface area (Å²) >= 11 is 0. The maximum Gasteiger partial charge on any atom is 0.334 e. The summed E-state index contributed by atoms with van der Waals surface area (Å²) in [6.45, 7) is 14.5. The van der Waals surface area contributed by atoms with Crippen LogP contribution in [-0.2, 0) is 61.9 Å². The third kappa shape index (κ3) is 17.1. The van der Waals surface area contributed by atoms with Gasteiger partial charge in [-0.25, -0.2) is 9.59 Å². The minimum Gasteiger partial charge on any atom is -0.465 e. The highest BCUT2D eigenvalue weighted by Gasteiger charge is 2.32. The molecule has 13 heteroatoms. The lowest BCUT2D eigenvalue weighted by atomic mass is 9.97. The number of ether oxygens (including phenoxy) is 7. The Labute approximate surface area is 253 Å². The van der Waals surface area contributed by atoms with Gasteiger partial charge in [0.05, 0.1) is 64.3 Å². The van der Waals surface area contributed by atoms with Gasteiger partial charge in [0.15, 0.2) is 0 Å². The zero-order valence-corrected chi connectivity index (χ0v) is 25.8. The summed E-state index contributed by atoms with van der Waals surface area (Å²) in [5.74, 6) is -7.22. The van der Waals surface area contributed by atoms with Crippen LogP contribution in [0.4, 0.5) is 0 Å². The molecular formula is C30H46O13. The molecule has 0 N–H and O–H groups in total. The van der Waals surface area contributed by atoms with Crippen LogP contribution in [0, 0.1) is 11.8 Å². The van der Waals surface area contributed by atoms with E-state index in [1.807, 2.05) is 13.8 Å². The molecule has 0 saturated carbocycles. The van der Waals surface area contributed by atoms with Crippen molar-refractivity contribution >= 4 is 35.8 Å². The van der Waals surface area contributed by atoms with Gasteiger partial charge in [0.2, 0.25) is 0 Å². The fourth-order valence-electron chi connectivity index (χ4n) is 3.15. The van der Waals surface area contributed by atoms with Gasteiger partial charge in [0.25, 0.3) is 0 Å². The molecule has 0 rings (SSSR count). The normalized spacial score (nSPS) is 11.8. The van der Waals surface area contributed by atoms with E-state index >= 15 is 0 Å². The lowest BCUT2D eigenvalue weighted by Gasteiger charge is -2.17.